The number of carbonyl (C=O) groups is 1. The Morgan fingerprint density at radius 3 is 2.77 bits per heavy atom. The Hall–Kier alpha value is -2.44. The van der Waals surface area contributed by atoms with E-state index in [9.17, 15) is 4.79 Å². The molecule has 0 aliphatic heterocycles. The topological polar surface area (TPSA) is 46.9 Å². The van der Waals surface area contributed by atoms with Crippen LogP contribution < -0.4 is 5.32 Å². The lowest BCUT2D eigenvalue weighted by molar-refractivity contribution is 0.0957. The molecule has 6 heteroatoms. The number of para-hydroxylation sites is 2. The summed E-state index contributed by atoms with van der Waals surface area (Å²) in [7, 11) is 0. The van der Waals surface area contributed by atoms with Gasteiger partial charge >= 0.3 is 0 Å². The van der Waals surface area contributed by atoms with E-state index in [0.29, 0.717) is 6.54 Å². The summed E-state index contributed by atoms with van der Waals surface area (Å²) < 4.78 is 3.42. The van der Waals surface area contributed by atoms with Gasteiger partial charge in [-0.25, -0.2) is 4.98 Å². The number of unbranched alkanes of at least 4 members (excludes halogenated alkanes) is 2. The van der Waals surface area contributed by atoms with Crippen LogP contribution >= 0.6 is 27.3 Å². The maximum atomic E-state index is 12.0. The van der Waals surface area contributed by atoms with Gasteiger partial charge in [0.1, 0.15) is 5.82 Å². The summed E-state index contributed by atoms with van der Waals surface area (Å²) in [5.41, 5.74) is 3.48. The normalized spacial score (nSPS) is 11.1. The number of halogens is 1. The highest BCUT2D eigenvalue weighted by Gasteiger charge is 2.11. The van der Waals surface area contributed by atoms with E-state index in [1.54, 1.807) is 0 Å². The number of carbonyl (C=O) groups excluding carboxylic acids is 1. The first-order valence-electron chi connectivity index (χ1n) is 10.2. The number of imidazole rings is 1. The molecule has 4 nitrogen and oxygen atoms in total. The molecule has 1 amide bonds. The van der Waals surface area contributed by atoms with Gasteiger partial charge < -0.3 is 9.88 Å². The first-order chi connectivity index (χ1) is 14.7. The second-order valence-corrected chi connectivity index (χ2v) is 9.14. The maximum Gasteiger partial charge on any atom is 0.261 e. The molecule has 0 radical (unpaired) electrons. The summed E-state index contributed by atoms with van der Waals surface area (Å²) >= 11 is 5.04. The van der Waals surface area contributed by atoms with E-state index in [0.717, 1.165) is 52.9 Å². The van der Waals surface area contributed by atoms with Crippen LogP contribution in [0.25, 0.3) is 11.0 Å². The first kappa shape index (κ1) is 20.8. The van der Waals surface area contributed by atoms with Crippen LogP contribution in [-0.4, -0.2) is 22.0 Å². The van der Waals surface area contributed by atoms with Crippen molar-refractivity contribution in [3.63, 3.8) is 0 Å². The number of hydrogen-bond donors (Lipinski definition) is 1. The van der Waals surface area contributed by atoms with Crippen molar-refractivity contribution in [1.29, 1.82) is 0 Å². The summed E-state index contributed by atoms with van der Waals surface area (Å²) in [5, 5.41) is 4.93. The third-order valence-corrected chi connectivity index (χ3v) is 6.43. The minimum Gasteiger partial charge on any atom is -0.351 e. The van der Waals surface area contributed by atoms with Gasteiger partial charge in [0.25, 0.3) is 5.91 Å². The van der Waals surface area contributed by atoms with Crippen LogP contribution in [0.2, 0.25) is 0 Å². The Bertz CT molecular complexity index is 1120. The van der Waals surface area contributed by atoms with Crippen molar-refractivity contribution in [2.45, 2.75) is 32.2 Å². The number of aryl methyl sites for hydroxylation is 1. The Morgan fingerprint density at radius 2 is 1.93 bits per heavy atom. The third-order valence-electron chi connectivity index (χ3n) is 5.07. The summed E-state index contributed by atoms with van der Waals surface area (Å²) in [5.74, 6) is 1.15. The second-order valence-electron chi connectivity index (χ2n) is 7.28. The number of thiophene rings is 1. The third kappa shape index (κ3) is 5.18. The largest absolute Gasteiger partial charge is 0.351 e. The van der Waals surface area contributed by atoms with Gasteiger partial charge in [-0.2, -0.15) is 0 Å². The summed E-state index contributed by atoms with van der Waals surface area (Å²) in [6.07, 6.45) is 4.02. The van der Waals surface area contributed by atoms with Crippen molar-refractivity contribution >= 4 is 44.2 Å². The molecule has 0 spiro atoms. The quantitative estimate of drug-likeness (QED) is 0.295. The van der Waals surface area contributed by atoms with E-state index in [1.165, 1.54) is 22.4 Å². The van der Waals surface area contributed by atoms with Gasteiger partial charge in [-0.05, 0) is 54.1 Å². The van der Waals surface area contributed by atoms with Gasteiger partial charge in [-0.15, -0.1) is 11.3 Å². The zero-order valence-corrected chi connectivity index (χ0v) is 19.1. The minimum atomic E-state index is 0.0285. The van der Waals surface area contributed by atoms with E-state index in [2.05, 4.69) is 62.2 Å². The second kappa shape index (κ2) is 10.0. The van der Waals surface area contributed by atoms with Gasteiger partial charge in [0.05, 0.1) is 15.9 Å². The number of rotatable bonds is 9. The van der Waals surface area contributed by atoms with Gasteiger partial charge in [0, 0.05) is 24.0 Å². The van der Waals surface area contributed by atoms with Gasteiger partial charge in [-0.3, -0.25) is 4.79 Å². The number of fused-ring (bicyclic) bond motifs is 1. The van der Waals surface area contributed by atoms with E-state index in [1.807, 2.05) is 29.6 Å². The van der Waals surface area contributed by atoms with Crippen molar-refractivity contribution in [2.75, 3.05) is 6.54 Å². The molecule has 0 unspecified atom stereocenters. The van der Waals surface area contributed by atoms with Crippen molar-refractivity contribution in [3.05, 3.63) is 86.8 Å². The lowest BCUT2D eigenvalue weighted by Crippen LogP contribution is -2.23. The molecule has 154 valence electrons. The van der Waals surface area contributed by atoms with Crippen LogP contribution in [0.1, 0.15) is 40.3 Å². The number of hydrogen-bond acceptors (Lipinski definition) is 3. The van der Waals surface area contributed by atoms with E-state index in [-0.39, 0.29) is 5.91 Å². The highest BCUT2D eigenvalue weighted by molar-refractivity contribution is 9.10. The van der Waals surface area contributed by atoms with E-state index >= 15 is 0 Å². The fourth-order valence-corrected chi connectivity index (χ4v) is 4.68. The molecule has 0 aliphatic carbocycles. The van der Waals surface area contributed by atoms with Crippen LogP contribution in [0.5, 0.6) is 0 Å². The SMILES string of the molecule is O=C(NCCCCCc1nc2ccccc2n1Cc1cccc(Br)c1)c1cccs1. The first-order valence-corrected chi connectivity index (χ1v) is 11.9. The summed E-state index contributed by atoms with van der Waals surface area (Å²) in [4.78, 5) is 17.7. The van der Waals surface area contributed by atoms with Crippen LogP contribution in [0, 0.1) is 0 Å². The van der Waals surface area contributed by atoms with E-state index < -0.39 is 0 Å². The van der Waals surface area contributed by atoms with Crippen LogP contribution in [0.15, 0.2) is 70.5 Å². The molecule has 2 aromatic carbocycles. The molecule has 1 N–H and O–H groups in total. The zero-order valence-electron chi connectivity index (χ0n) is 16.7. The van der Waals surface area contributed by atoms with Crippen LogP contribution in [0.3, 0.4) is 0 Å². The maximum absolute atomic E-state index is 12.0. The molecule has 0 saturated heterocycles. The monoisotopic (exact) mass is 481 g/mol. The minimum absolute atomic E-state index is 0.0285. The smallest absolute Gasteiger partial charge is 0.261 e. The molecule has 2 heterocycles. The zero-order chi connectivity index (χ0) is 20.8. The number of nitrogens with zero attached hydrogens (tertiary/aromatic N) is 2. The van der Waals surface area contributed by atoms with Crippen molar-refractivity contribution in [3.8, 4) is 0 Å². The molecule has 2 aromatic heterocycles. The number of nitrogens with one attached hydrogen (secondary N) is 1. The lowest BCUT2D eigenvalue weighted by atomic mass is 10.1. The Balaban J connectivity index is 1.35. The highest BCUT2D eigenvalue weighted by Crippen LogP contribution is 2.21. The molecule has 0 aliphatic rings. The standard InChI is InChI=1S/C24H24BrN3OS/c25-19-9-6-8-18(16-19)17-28-21-11-4-3-10-20(21)27-23(28)13-2-1-5-14-26-24(29)22-12-7-15-30-22/h3-4,6-12,15-16H,1-2,5,13-14,17H2,(H,26,29). The average Bonchev–Trinajstić information content (AvgIpc) is 3.40. The summed E-state index contributed by atoms with van der Waals surface area (Å²) in [6.45, 7) is 1.53. The van der Waals surface area contributed by atoms with Crippen molar-refractivity contribution < 1.29 is 4.79 Å². The predicted octanol–water partition coefficient (Wildman–Crippen LogP) is 6.05. The Labute approximate surface area is 189 Å². The van der Waals surface area contributed by atoms with Crippen LogP contribution in [0.4, 0.5) is 0 Å². The molecular formula is C24H24BrN3OS. The van der Waals surface area contributed by atoms with Gasteiger partial charge in [-0.1, -0.05) is 52.7 Å². The van der Waals surface area contributed by atoms with Crippen molar-refractivity contribution in [1.82, 2.24) is 14.9 Å². The van der Waals surface area contributed by atoms with Gasteiger partial charge in [0.15, 0.2) is 0 Å². The van der Waals surface area contributed by atoms with Gasteiger partial charge in [0.2, 0.25) is 0 Å². The van der Waals surface area contributed by atoms with E-state index in [4.69, 9.17) is 4.98 Å². The Kier molecular flexibility index (Phi) is 6.97. The molecule has 0 fully saturated rings. The molecule has 30 heavy (non-hydrogen) atoms. The number of amides is 1. The summed E-state index contributed by atoms with van der Waals surface area (Å²) in [6, 6.07) is 20.5. The number of benzene rings is 2. The lowest BCUT2D eigenvalue weighted by Gasteiger charge is -2.10. The predicted molar refractivity (Wildman–Crippen MR) is 127 cm³/mol. The molecule has 4 rings (SSSR count). The molecular weight excluding hydrogens is 458 g/mol. The fraction of sp³-hybridized carbons (Fsp3) is 0.250. The Morgan fingerprint density at radius 1 is 1.03 bits per heavy atom. The fourth-order valence-electron chi connectivity index (χ4n) is 3.59. The van der Waals surface area contributed by atoms with Crippen LogP contribution in [-0.2, 0) is 13.0 Å². The number of aromatic nitrogens is 2. The molecule has 0 bridgehead atoms. The molecule has 0 saturated carbocycles. The molecule has 0 atom stereocenters. The van der Waals surface area contributed by atoms with Crippen molar-refractivity contribution in [2.24, 2.45) is 0 Å². The highest BCUT2D eigenvalue weighted by atomic mass is 79.9. The molecule has 4 aromatic rings. The average molecular weight is 482 g/mol.